The van der Waals surface area contributed by atoms with E-state index >= 15 is 0 Å². The topological polar surface area (TPSA) is 31.4 Å². The van der Waals surface area contributed by atoms with Gasteiger partial charge in [0, 0.05) is 84.1 Å². The van der Waals surface area contributed by atoms with Crippen LogP contribution in [0, 0.1) is 23.7 Å². The van der Waals surface area contributed by atoms with Crippen LogP contribution in [0.3, 0.4) is 0 Å². The average molecular weight is 421 g/mol. The minimum atomic E-state index is 0.107. The number of hydroxylamine groups is 4. The fourth-order valence-corrected chi connectivity index (χ4v) is 9.23. The second-order valence-electron chi connectivity index (χ2n) is 12.7. The van der Waals surface area contributed by atoms with Crippen molar-refractivity contribution in [3.8, 4) is 0 Å². The van der Waals surface area contributed by atoms with Crippen molar-refractivity contribution in [3.63, 3.8) is 0 Å². The van der Waals surface area contributed by atoms with Crippen LogP contribution in [0.25, 0.3) is 0 Å². The first-order chi connectivity index (χ1) is 13.8. The molecule has 3 saturated heterocycles. The lowest BCUT2D eigenvalue weighted by atomic mass is 9.96. The molecule has 3 heterocycles. The van der Waals surface area contributed by atoms with Crippen LogP contribution < -0.4 is 0 Å². The van der Waals surface area contributed by atoms with Gasteiger partial charge in [0.1, 0.15) is 0 Å². The van der Waals surface area contributed by atoms with Crippen molar-refractivity contribution in [2.75, 3.05) is 40.4 Å². The molecular weight excluding hydrogens is 376 g/mol. The van der Waals surface area contributed by atoms with Gasteiger partial charge in [-0.2, -0.15) is 10.1 Å². The fourth-order valence-electron chi connectivity index (χ4n) is 9.23. The molecule has 4 atom stereocenters. The highest BCUT2D eigenvalue weighted by Gasteiger charge is 2.76. The standard InChI is InChI=1S/C24H44N4O2/c1-21(2)15-16(22(3,4)27(21)29-9)19(15)25-11-13-26(14-12-25)20-17-18(20)24(7,8)28(30-10)23(17,5)6/h15-20H,11-14H2,1-10H3. The van der Waals surface area contributed by atoms with Gasteiger partial charge in [-0.3, -0.25) is 9.80 Å². The molecule has 2 aliphatic carbocycles. The molecule has 6 nitrogen and oxygen atoms in total. The molecule has 5 rings (SSSR count). The third-order valence-electron chi connectivity index (χ3n) is 9.88. The Morgan fingerprint density at radius 3 is 0.933 bits per heavy atom. The van der Waals surface area contributed by atoms with Gasteiger partial charge in [-0.15, -0.1) is 0 Å². The van der Waals surface area contributed by atoms with Crippen LogP contribution in [0.15, 0.2) is 0 Å². The summed E-state index contributed by atoms with van der Waals surface area (Å²) in [4.78, 5) is 17.3. The summed E-state index contributed by atoms with van der Waals surface area (Å²) in [6.07, 6.45) is 0. The molecule has 0 aromatic rings. The second-order valence-corrected chi connectivity index (χ2v) is 12.7. The van der Waals surface area contributed by atoms with E-state index in [4.69, 9.17) is 9.68 Å². The van der Waals surface area contributed by atoms with Crippen LogP contribution in [0.1, 0.15) is 55.4 Å². The second kappa shape index (κ2) is 6.21. The number of piperazine rings is 1. The maximum Gasteiger partial charge on any atom is 0.0575 e. The van der Waals surface area contributed by atoms with E-state index in [0.29, 0.717) is 23.7 Å². The van der Waals surface area contributed by atoms with E-state index in [1.807, 2.05) is 14.2 Å². The van der Waals surface area contributed by atoms with E-state index in [1.54, 1.807) is 0 Å². The van der Waals surface area contributed by atoms with Crippen LogP contribution in [-0.4, -0.2) is 94.6 Å². The molecular formula is C24H44N4O2. The van der Waals surface area contributed by atoms with E-state index in [-0.39, 0.29) is 22.2 Å². The zero-order valence-electron chi connectivity index (χ0n) is 20.9. The zero-order valence-corrected chi connectivity index (χ0v) is 20.9. The van der Waals surface area contributed by atoms with Crippen LogP contribution in [0.2, 0.25) is 0 Å². The van der Waals surface area contributed by atoms with Crippen molar-refractivity contribution in [2.45, 2.75) is 89.6 Å². The van der Waals surface area contributed by atoms with E-state index in [0.717, 1.165) is 12.1 Å². The molecule has 4 unspecified atom stereocenters. The molecule has 5 aliphatic rings. The van der Waals surface area contributed by atoms with Crippen molar-refractivity contribution < 1.29 is 9.68 Å². The zero-order chi connectivity index (χ0) is 22.0. The maximum absolute atomic E-state index is 5.83. The predicted octanol–water partition coefficient (Wildman–Crippen LogP) is 2.70. The third kappa shape index (κ3) is 2.47. The normalized spacial score (nSPS) is 46.6. The molecule has 0 amide bonds. The van der Waals surface area contributed by atoms with Gasteiger partial charge in [-0.25, -0.2) is 0 Å². The van der Waals surface area contributed by atoms with E-state index in [9.17, 15) is 0 Å². The van der Waals surface area contributed by atoms with Gasteiger partial charge < -0.3 is 9.68 Å². The fraction of sp³-hybridized carbons (Fsp3) is 1.00. The maximum atomic E-state index is 5.83. The molecule has 6 heteroatoms. The summed E-state index contributed by atoms with van der Waals surface area (Å²) in [6, 6.07) is 1.44. The van der Waals surface area contributed by atoms with Crippen LogP contribution in [0.4, 0.5) is 0 Å². The van der Waals surface area contributed by atoms with E-state index < -0.39 is 0 Å². The minimum Gasteiger partial charge on any atom is -0.301 e. The molecule has 0 aromatic carbocycles. The molecule has 0 bridgehead atoms. The Hall–Kier alpha value is -0.240. The highest BCUT2D eigenvalue weighted by atomic mass is 16.7. The Labute approximate surface area is 183 Å². The largest absolute Gasteiger partial charge is 0.301 e. The van der Waals surface area contributed by atoms with Gasteiger partial charge >= 0.3 is 0 Å². The lowest BCUT2D eigenvalue weighted by Gasteiger charge is -2.47. The van der Waals surface area contributed by atoms with Crippen LogP contribution >= 0.6 is 0 Å². The van der Waals surface area contributed by atoms with Crippen LogP contribution in [-0.2, 0) is 9.68 Å². The van der Waals surface area contributed by atoms with Gasteiger partial charge in [0.25, 0.3) is 0 Å². The summed E-state index contributed by atoms with van der Waals surface area (Å²) < 4.78 is 0. The molecule has 0 spiro atoms. The quantitative estimate of drug-likeness (QED) is 0.695. The smallest absolute Gasteiger partial charge is 0.0575 e. The highest BCUT2D eigenvalue weighted by molar-refractivity contribution is 5.28. The van der Waals surface area contributed by atoms with Gasteiger partial charge in [-0.05, 0) is 55.4 Å². The number of rotatable bonds is 4. The number of fused-ring (bicyclic) bond motifs is 2. The van der Waals surface area contributed by atoms with Crippen molar-refractivity contribution in [3.05, 3.63) is 0 Å². The lowest BCUT2D eigenvalue weighted by Crippen LogP contribution is -2.59. The Kier molecular flexibility index (Phi) is 4.47. The Balaban J connectivity index is 1.24. The predicted molar refractivity (Wildman–Crippen MR) is 119 cm³/mol. The van der Waals surface area contributed by atoms with Gasteiger partial charge in [0.05, 0.1) is 14.2 Å². The number of hydrogen-bond donors (Lipinski definition) is 0. The number of hydrogen-bond acceptors (Lipinski definition) is 6. The van der Waals surface area contributed by atoms with Crippen molar-refractivity contribution in [1.82, 2.24) is 19.9 Å². The minimum absolute atomic E-state index is 0.107. The molecule has 3 aliphatic heterocycles. The third-order valence-corrected chi connectivity index (χ3v) is 9.88. The SMILES string of the molecule is CON1C(C)(C)C2C(N3CCN(C4C5C4C(C)(C)N(OC)C5(C)C)CC3)C2C1(C)C. The molecule has 30 heavy (non-hydrogen) atoms. The summed E-state index contributed by atoms with van der Waals surface area (Å²) >= 11 is 0. The van der Waals surface area contributed by atoms with E-state index in [2.05, 4.69) is 75.3 Å². The summed E-state index contributed by atoms with van der Waals surface area (Å²) in [5, 5.41) is 4.53. The molecule has 172 valence electrons. The molecule has 0 N–H and O–H groups in total. The molecule has 0 aromatic heterocycles. The number of piperidine rings is 2. The van der Waals surface area contributed by atoms with E-state index in [1.165, 1.54) is 26.2 Å². The van der Waals surface area contributed by atoms with Gasteiger partial charge in [0.15, 0.2) is 0 Å². The van der Waals surface area contributed by atoms with Crippen molar-refractivity contribution in [2.24, 2.45) is 23.7 Å². The first kappa shape index (κ1) is 21.6. The van der Waals surface area contributed by atoms with Crippen molar-refractivity contribution in [1.29, 1.82) is 0 Å². The average Bonchev–Trinajstić information content (AvgIpc) is 3.50. The first-order valence-electron chi connectivity index (χ1n) is 12.0. The Bertz CT molecular complexity index is 608. The summed E-state index contributed by atoms with van der Waals surface area (Å²) in [5.74, 6) is 2.86. The lowest BCUT2D eigenvalue weighted by molar-refractivity contribution is -0.239. The molecule has 0 radical (unpaired) electrons. The Morgan fingerprint density at radius 1 is 0.500 bits per heavy atom. The monoisotopic (exact) mass is 420 g/mol. The summed E-state index contributed by atoms with van der Waals surface area (Å²) in [6.45, 7) is 23.8. The number of nitrogens with zero attached hydrogens (tertiary/aromatic N) is 4. The van der Waals surface area contributed by atoms with Gasteiger partial charge in [0.2, 0.25) is 0 Å². The molecule has 2 saturated carbocycles. The Morgan fingerprint density at radius 2 is 0.733 bits per heavy atom. The summed E-state index contributed by atoms with van der Waals surface area (Å²) in [5.41, 5.74) is 0.428. The first-order valence-corrected chi connectivity index (χ1v) is 12.0. The van der Waals surface area contributed by atoms with Crippen LogP contribution in [0.5, 0.6) is 0 Å². The summed E-state index contributed by atoms with van der Waals surface area (Å²) in [7, 11) is 3.67. The molecule has 5 fully saturated rings. The van der Waals surface area contributed by atoms with Crippen molar-refractivity contribution >= 4 is 0 Å². The van der Waals surface area contributed by atoms with Gasteiger partial charge in [-0.1, -0.05) is 0 Å². The highest BCUT2D eigenvalue weighted by Crippen LogP contribution is 2.67.